The summed E-state index contributed by atoms with van der Waals surface area (Å²) >= 11 is 9.26. The van der Waals surface area contributed by atoms with E-state index in [0.29, 0.717) is 17.2 Å². The number of halogens is 3. The van der Waals surface area contributed by atoms with Crippen molar-refractivity contribution in [3.05, 3.63) is 57.8 Å². The third kappa shape index (κ3) is 3.33. The molecule has 2 aromatic rings. The van der Waals surface area contributed by atoms with E-state index in [2.05, 4.69) is 29.8 Å². The molecule has 2 aromatic carbocycles. The lowest BCUT2D eigenvalue weighted by Crippen LogP contribution is -1.97. The number of hydrogen-bond acceptors (Lipinski definition) is 1. The van der Waals surface area contributed by atoms with Gasteiger partial charge in [-0.3, -0.25) is 0 Å². The lowest BCUT2D eigenvalue weighted by atomic mass is 10.0. The van der Waals surface area contributed by atoms with Crippen LogP contribution in [0.1, 0.15) is 30.9 Å². The van der Waals surface area contributed by atoms with Crippen LogP contribution in [0.4, 0.5) is 4.39 Å². The Labute approximate surface area is 131 Å². The molecule has 4 heteroatoms. The van der Waals surface area contributed by atoms with E-state index in [9.17, 15) is 4.39 Å². The molecule has 0 heterocycles. The van der Waals surface area contributed by atoms with Crippen LogP contribution in [-0.2, 0) is 5.88 Å². The van der Waals surface area contributed by atoms with Crippen molar-refractivity contribution in [2.45, 2.75) is 25.6 Å². The minimum atomic E-state index is -0.347. The van der Waals surface area contributed by atoms with Crippen LogP contribution in [0.2, 0.25) is 0 Å². The first-order valence-corrected chi connectivity index (χ1v) is 7.66. The minimum Gasteiger partial charge on any atom is -0.457 e. The predicted molar refractivity (Wildman–Crippen MR) is 84.3 cm³/mol. The molecular formula is C16H15BrClFO. The molecule has 0 spiro atoms. The molecule has 0 aliphatic rings. The topological polar surface area (TPSA) is 9.23 Å². The van der Waals surface area contributed by atoms with Gasteiger partial charge in [0.15, 0.2) is 0 Å². The van der Waals surface area contributed by atoms with Crippen molar-refractivity contribution in [2.24, 2.45) is 0 Å². The molecule has 0 radical (unpaired) electrons. The molecule has 0 saturated carbocycles. The van der Waals surface area contributed by atoms with E-state index >= 15 is 0 Å². The van der Waals surface area contributed by atoms with Crippen LogP contribution in [0.15, 0.2) is 40.9 Å². The van der Waals surface area contributed by atoms with Gasteiger partial charge in [0.2, 0.25) is 0 Å². The first kappa shape index (κ1) is 15.3. The van der Waals surface area contributed by atoms with Gasteiger partial charge in [0, 0.05) is 10.0 Å². The zero-order chi connectivity index (χ0) is 14.7. The summed E-state index contributed by atoms with van der Waals surface area (Å²) in [5.74, 6) is 1.22. The average Bonchev–Trinajstić information content (AvgIpc) is 2.41. The number of rotatable bonds is 4. The van der Waals surface area contributed by atoms with Gasteiger partial charge < -0.3 is 4.74 Å². The molecule has 20 heavy (non-hydrogen) atoms. The van der Waals surface area contributed by atoms with E-state index in [0.717, 1.165) is 15.8 Å². The maximum atomic E-state index is 13.7. The van der Waals surface area contributed by atoms with E-state index in [1.165, 1.54) is 6.07 Å². The van der Waals surface area contributed by atoms with Gasteiger partial charge in [0.25, 0.3) is 0 Å². The summed E-state index contributed by atoms with van der Waals surface area (Å²) in [5.41, 5.74) is 1.44. The second-order valence-corrected chi connectivity index (χ2v) is 5.97. The smallest absolute Gasteiger partial charge is 0.134 e. The molecule has 2 rings (SSSR count). The van der Waals surface area contributed by atoms with Crippen LogP contribution < -0.4 is 4.74 Å². The molecular weight excluding hydrogens is 343 g/mol. The summed E-state index contributed by atoms with van der Waals surface area (Å²) < 4.78 is 20.6. The van der Waals surface area contributed by atoms with Gasteiger partial charge in [0.1, 0.15) is 17.3 Å². The molecule has 106 valence electrons. The van der Waals surface area contributed by atoms with Crippen molar-refractivity contribution in [2.75, 3.05) is 0 Å². The Morgan fingerprint density at radius 3 is 2.60 bits per heavy atom. The average molecular weight is 358 g/mol. The van der Waals surface area contributed by atoms with Crippen molar-refractivity contribution in [3.8, 4) is 11.5 Å². The molecule has 0 saturated heterocycles. The molecule has 0 fully saturated rings. The quantitative estimate of drug-likeness (QED) is 0.588. The maximum absolute atomic E-state index is 13.7. The van der Waals surface area contributed by atoms with Crippen LogP contribution in [0, 0.1) is 5.82 Å². The molecule has 0 bridgehead atoms. The van der Waals surface area contributed by atoms with Crippen molar-refractivity contribution in [1.29, 1.82) is 0 Å². The van der Waals surface area contributed by atoms with Crippen LogP contribution in [-0.4, -0.2) is 0 Å². The van der Waals surface area contributed by atoms with E-state index in [-0.39, 0.29) is 11.7 Å². The molecule has 0 amide bonds. The molecule has 0 aliphatic heterocycles. The molecule has 1 nitrogen and oxygen atoms in total. The molecule has 0 aromatic heterocycles. The van der Waals surface area contributed by atoms with Gasteiger partial charge in [-0.1, -0.05) is 35.8 Å². The van der Waals surface area contributed by atoms with Crippen molar-refractivity contribution in [3.63, 3.8) is 0 Å². The van der Waals surface area contributed by atoms with Gasteiger partial charge in [-0.2, -0.15) is 0 Å². The molecule has 0 N–H and O–H groups in total. The van der Waals surface area contributed by atoms with Gasteiger partial charge in [-0.05, 0) is 41.8 Å². The first-order valence-electron chi connectivity index (χ1n) is 6.33. The first-order chi connectivity index (χ1) is 9.52. The SMILES string of the molecule is CC(C)c1cc(Br)ccc1Oc1cccc(F)c1CCl. The highest BCUT2D eigenvalue weighted by atomic mass is 79.9. The van der Waals surface area contributed by atoms with Crippen LogP contribution in [0.25, 0.3) is 0 Å². The molecule has 0 aliphatic carbocycles. The summed E-state index contributed by atoms with van der Waals surface area (Å²) in [6.07, 6.45) is 0. The highest BCUT2D eigenvalue weighted by Crippen LogP contribution is 2.35. The Kier molecular flexibility index (Phi) is 5.06. The minimum absolute atomic E-state index is 0.0789. The number of alkyl halides is 1. The normalized spacial score (nSPS) is 10.9. The summed E-state index contributed by atoms with van der Waals surface area (Å²) in [7, 11) is 0. The van der Waals surface area contributed by atoms with E-state index in [1.807, 2.05) is 18.2 Å². The van der Waals surface area contributed by atoms with E-state index in [1.54, 1.807) is 12.1 Å². The zero-order valence-electron chi connectivity index (χ0n) is 11.3. The fourth-order valence-electron chi connectivity index (χ4n) is 1.95. The van der Waals surface area contributed by atoms with E-state index in [4.69, 9.17) is 16.3 Å². The van der Waals surface area contributed by atoms with Crippen molar-refractivity contribution < 1.29 is 9.13 Å². The fraction of sp³-hybridized carbons (Fsp3) is 0.250. The fourth-order valence-corrected chi connectivity index (χ4v) is 2.58. The lowest BCUT2D eigenvalue weighted by molar-refractivity contribution is 0.462. The van der Waals surface area contributed by atoms with Gasteiger partial charge >= 0.3 is 0 Å². The second-order valence-electron chi connectivity index (χ2n) is 4.79. The number of hydrogen-bond donors (Lipinski definition) is 0. The zero-order valence-corrected chi connectivity index (χ0v) is 13.6. The van der Waals surface area contributed by atoms with Gasteiger partial charge in [-0.25, -0.2) is 4.39 Å². The standard InChI is InChI=1S/C16H15BrClFO/c1-10(2)12-8-11(17)6-7-16(12)20-15-5-3-4-14(19)13(15)9-18/h3-8,10H,9H2,1-2H3. The summed E-state index contributed by atoms with van der Waals surface area (Å²) in [6.45, 7) is 4.17. The molecule has 0 atom stereocenters. The Morgan fingerprint density at radius 1 is 1.20 bits per heavy atom. The Bertz CT molecular complexity index is 613. The Balaban J connectivity index is 2.42. The Hall–Kier alpha value is -1.06. The third-order valence-electron chi connectivity index (χ3n) is 3.02. The summed E-state index contributed by atoms with van der Waals surface area (Å²) in [6, 6.07) is 10.5. The van der Waals surface area contributed by atoms with Crippen molar-refractivity contribution in [1.82, 2.24) is 0 Å². The number of ether oxygens (including phenoxy) is 1. The highest BCUT2D eigenvalue weighted by molar-refractivity contribution is 9.10. The third-order valence-corrected chi connectivity index (χ3v) is 3.78. The predicted octanol–water partition coefficient (Wildman–Crippen LogP) is 6.24. The Morgan fingerprint density at radius 2 is 1.95 bits per heavy atom. The largest absolute Gasteiger partial charge is 0.457 e. The van der Waals surface area contributed by atoms with Gasteiger partial charge in [0.05, 0.1) is 5.88 Å². The summed E-state index contributed by atoms with van der Waals surface area (Å²) in [5, 5.41) is 0. The second kappa shape index (κ2) is 6.59. The molecule has 0 unspecified atom stereocenters. The summed E-state index contributed by atoms with van der Waals surface area (Å²) in [4.78, 5) is 0. The van der Waals surface area contributed by atoms with Crippen molar-refractivity contribution >= 4 is 27.5 Å². The number of benzene rings is 2. The van der Waals surface area contributed by atoms with Crippen LogP contribution in [0.5, 0.6) is 11.5 Å². The van der Waals surface area contributed by atoms with Crippen LogP contribution in [0.3, 0.4) is 0 Å². The van der Waals surface area contributed by atoms with Crippen LogP contribution >= 0.6 is 27.5 Å². The lowest BCUT2D eigenvalue weighted by Gasteiger charge is -2.16. The monoisotopic (exact) mass is 356 g/mol. The van der Waals surface area contributed by atoms with Gasteiger partial charge in [-0.15, -0.1) is 11.6 Å². The maximum Gasteiger partial charge on any atom is 0.134 e. The highest BCUT2D eigenvalue weighted by Gasteiger charge is 2.13. The van der Waals surface area contributed by atoms with E-state index < -0.39 is 0 Å².